The number of aromatic nitrogens is 2. The molecule has 4 nitrogen and oxygen atoms in total. The van der Waals surface area contributed by atoms with Gasteiger partial charge in [-0.25, -0.2) is 4.98 Å². The maximum absolute atomic E-state index is 6.11. The van der Waals surface area contributed by atoms with E-state index in [1.807, 2.05) is 24.3 Å². The highest BCUT2D eigenvalue weighted by Crippen LogP contribution is 2.34. The van der Waals surface area contributed by atoms with Crippen molar-refractivity contribution in [3.8, 4) is 17.0 Å². The van der Waals surface area contributed by atoms with E-state index in [0.717, 1.165) is 40.3 Å². The zero-order chi connectivity index (χ0) is 11.8. The predicted octanol–water partition coefficient (Wildman–Crippen LogP) is 2.82. The van der Waals surface area contributed by atoms with Crippen LogP contribution in [0, 0.1) is 0 Å². The van der Waals surface area contributed by atoms with Crippen LogP contribution in [0.15, 0.2) is 29.4 Å². The third-order valence-corrected chi connectivity index (χ3v) is 3.84. The van der Waals surface area contributed by atoms with Gasteiger partial charge in [-0.3, -0.25) is 0 Å². The summed E-state index contributed by atoms with van der Waals surface area (Å²) < 4.78 is 7.21. The number of thioether (sulfide) groups is 1. The normalized spacial score (nSPS) is 12.9. The van der Waals surface area contributed by atoms with Crippen LogP contribution < -0.4 is 10.5 Å². The number of ether oxygens (including phenoxy) is 1. The Balaban J connectivity index is 0.00000120. The van der Waals surface area contributed by atoms with Crippen molar-refractivity contribution >= 4 is 34.6 Å². The molecule has 2 aromatic rings. The second-order valence-corrected chi connectivity index (χ2v) is 4.92. The minimum absolute atomic E-state index is 0. The van der Waals surface area contributed by atoms with Crippen LogP contribution in [0.1, 0.15) is 0 Å². The highest BCUT2D eigenvalue weighted by molar-refractivity contribution is 8.93. The Labute approximate surface area is 120 Å². The molecule has 1 aliphatic heterocycles. The third kappa shape index (κ3) is 2.10. The summed E-state index contributed by atoms with van der Waals surface area (Å²) in [5.74, 6) is 2.67. The fourth-order valence-corrected chi connectivity index (χ4v) is 2.92. The molecule has 0 saturated carbocycles. The lowest BCUT2D eigenvalue weighted by atomic mass is 10.1. The fourth-order valence-electron chi connectivity index (χ4n) is 1.96. The molecule has 1 aromatic carbocycles. The molecule has 0 radical (unpaired) electrons. The maximum atomic E-state index is 6.11. The molecule has 0 atom stereocenters. The second-order valence-electron chi connectivity index (χ2n) is 3.86. The van der Waals surface area contributed by atoms with Crippen LogP contribution in [0.3, 0.4) is 0 Å². The molecule has 6 heteroatoms. The number of rotatable bonds is 2. The minimum Gasteiger partial charge on any atom is -0.497 e. The molecule has 0 bridgehead atoms. The maximum Gasteiger partial charge on any atom is 0.170 e. The van der Waals surface area contributed by atoms with Crippen molar-refractivity contribution < 1.29 is 4.74 Å². The van der Waals surface area contributed by atoms with Crippen LogP contribution in [-0.4, -0.2) is 22.4 Å². The lowest BCUT2D eigenvalue weighted by Gasteiger charge is -2.03. The van der Waals surface area contributed by atoms with Gasteiger partial charge in [0.2, 0.25) is 0 Å². The zero-order valence-electron chi connectivity index (χ0n) is 9.92. The van der Waals surface area contributed by atoms with Crippen LogP contribution >= 0.6 is 28.7 Å². The van der Waals surface area contributed by atoms with Gasteiger partial charge in [0.05, 0.1) is 7.11 Å². The number of methoxy groups -OCH3 is 1. The van der Waals surface area contributed by atoms with Gasteiger partial charge in [-0.2, -0.15) is 0 Å². The number of hydrogen-bond acceptors (Lipinski definition) is 4. The van der Waals surface area contributed by atoms with Gasteiger partial charge >= 0.3 is 0 Å². The van der Waals surface area contributed by atoms with Crippen LogP contribution in [0.4, 0.5) is 5.82 Å². The van der Waals surface area contributed by atoms with Gasteiger partial charge in [-0.05, 0) is 24.3 Å². The lowest BCUT2D eigenvalue weighted by molar-refractivity contribution is 0.415. The third-order valence-electron chi connectivity index (χ3n) is 2.88. The second kappa shape index (κ2) is 5.24. The highest BCUT2D eigenvalue weighted by atomic mass is 79.9. The number of halogens is 1. The number of hydrogen-bond donors (Lipinski definition) is 1. The summed E-state index contributed by atoms with van der Waals surface area (Å²) in [5.41, 5.74) is 8.02. The van der Waals surface area contributed by atoms with Crippen LogP contribution in [0.25, 0.3) is 11.3 Å². The van der Waals surface area contributed by atoms with Crippen molar-refractivity contribution in [1.82, 2.24) is 9.55 Å². The van der Waals surface area contributed by atoms with E-state index in [0.29, 0.717) is 0 Å². The van der Waals surface area contributed by atoms with E-state index in [1.165, 1.54) is 0 Å². The van der Waals surface area contributed by atoms with Gasteiger partial charge in [0.25, 0.3) is 0 Å². The molecular formula is C12H14BrN3OS. The van der Waals surface area contributed by atoms with Crippen LogP contribution in [0.5, 0.6) is 5.75 Å². The van der Waals surface area contributed by atoms with Crippen molar-refractivity contribution in [3.63, 3.8) is 0 Å². The van der Waals surface area contributed by atoms with Gasteiger partial charge in [0.15, 0.2) is 5.16 Å². The van der Waals surface area contributed by atoms with Crippen molar-refractivity contribution in [2.45, 2.75) is 11.7 Å². The Kier molecular flexibility index (Phi) is 3.87. The lowest BCUT2D eigenvalue weighted by Crippen LogP contribution is -2.00. The quantitative estimate of drug-likeness (QED) is 0.921. The summed E-state index contributed by atoms with van der Waals surface area (Å²) in [5, 5.41) is 1.02. The standard InChI is InChI=1S/C12H13N3OS.BrH/c1-16-9-4-2-8(3-5-9)10-11(13)15-6-7-17-12(15)14-10;/h2-5H,6-7,13H2,1H3;1H. The average molecular weight is 328 g/mol. The first-order valence-electron chi connectivity index (χ1n) is 5.43. The van der Waals surface area contributed by atoms with Crippen molar-refractivity contribution in [1.29, 1.82) is 0 Å². The Bertz CT molecular complexity index is 553. The summed E-state index contributed by atoms with van der Waals surface area (Å²) >= 11 is 1.75. The fraction of sp³-hybridized carbons (Fsp3) is 0.250. The molecule has 3 rings (SSSR count). The van der Waals surface area contributed by atoms with E-state index in [4.69, 9.17) is 10.5 Å². The topological polar surface area (TPSA) is 53.1 Å². The smallest absolute Gasteiger partial charge is 0.170 e. The van der Waals surface area contributed by atoms with E-state index in [-0.39, 0.29) is 17.0 Å². The molecular weight excluding hydrogens is 314 g/mol. The van der Waals surface area contributed by atoms with E-state index < -0.39 is 0 Å². The molecule has 1 aromatic heterocycles. The van der Waals surface area contributed by atoms with Crippen molar-refractivity contribution in [2.75, 3.05) is 18.6 Å². The van der Waals surface area contributed by atoms with Gasteiger partial charge < -0.3 is 15.0 Å². The molecule has 0 amide bonds. The summed E-state index contributed by atoms with van der Waals surface area (Å²) in [6.45, 7) is 0.953. The Morgan fingerprint density at radius 2 is 2.06 bits per heavy atom. The van der Waals surface area contributed by atoms with Crippen molar-refractivity contribution in [2.24, 2.45) is 0 Å². The summed E-state index contributed by atoms with van der Waals surface area (Å²) in [4.78, 5) is 4.58. The summed E-state index contributed by atoms with van der Waals surface area (Å²) in [7, 11) is 1.66. The van der Waals surface area contributed by atoms with E-state index >= 15 is 0 Å². The van der Waals surface area contributed by atoms with E-state index in [1.54, 1.807) is 18.9 Å². The predicted molar refractivity (Wildman–Crippen MR) is 79.7 cm³/mol. The van der Waals surface area contributed by atoms with E-state index in [9.17, 15) is 0 Å². The number of fused-ring (bicyclic) bond motifs is 1. The van der Waals surface area contributed by atoms with E-state index in [2.05, 4.69) is 9.55 Å². The number of imidazole rings is 1. The molecule has 0 unspecified atom stereocenters. The number of nitrogens with zero attached hydrogens (tertiary/aromatic N) is 2. The molecule has 96 valence electrons. The SMILES string of the molecule is Br.COc1ccc(-c2nc3n(c2N)CCS3)cc1. The summed E-state index contributed by atoms with van der Waals surface area (Å²) in [6, 6.07) is 7.81. The molecule has 0 spiro atoms. The molecule has 0 saturated heterocycles. The molecule has 1 aliphatic rings. The molecule has 18 heavy (non-hydrogen) atoms. The Hall–Kier alpha value is -1.14. The monoisotopic (exact) mass is 327 g/mol. The first kappa shape index (κ1) is 13.3. The number of nitrogens with two attached hydrogens (primary N) is 1. The molecule has 0 fully saturated rings. The van der Waals surface area contributed by atoms with Gasteiger partial charge in [-0.15, -0.1) is 17.0 Å². The number of benzene rings is 1. The highest BCUT2D eigenvalue weighted by Gasteiger charge is 2.20. The molecule has 2 N–H and O–H groups in total. The number of nitrogen functional groups attached to an aromatic ring is 1. The van der Waals surface area contributed by atoms with Crippen molar-refractivity contribution in [3.05, 3.63) is 24.3 Å². The minimum atomic E-state index is 0. The van der Waals surface area contributed by atoms with Gasteiger partial charge in [0.1, 0.15) is 17.3 Å². The first-order valence-corrected chi connectivity index (χ1v) is 6.41. The van der Waals surface area contributed by atoms with Crippen LogP contribution in [-0.2, 0) is 6.54 Å². The van der Waals surface area contributed by atoms with Gasteiger partial charge in [-0.1, -0.05) is 11.8 Å². The molecule has 2 heterocycles. The number of anilines is 1. The van der Waals surface area contributed by atoms with Crippen LogP contribution in [0.2, 0.25) is 0 Å². The first-order chi connectivity index (χ1) is 8.29. The summed E-state index contributed by atoms with van der Waals surface area (Å²) in [6.07, 6.45) is 0. The molecule has 0 aliphatic carbocycles. The average Bonchev–Trinajstić information content (AvgIpc) is 2.93. The largest absolute Gasteiger partial charge is 0.497 e. The zero-order valence-corrected chi connectivity index (χ0v) is 12.4. The Morgan fingerprint density at radius 3 is 2.67 bits per heavy atom. The van der Waals surface area contributed by atoms with Gasteiger partial charge in [0, 0.05) is 17.9 Å². The Morgan fingerprint density at radius 1 is 1.33 bits per heavy atom.